The van der Waals surface area contributed by atoms with E-state index in [1.54, 1.807) is 11.0 Å². The number of rotatable bonds is 2. The highest BCUT2D eigenvalue weighted by Crippen LogP contribution is 2.29. The molecule has 10 heteroatoms. The summed E-state index contributed by atoms with van der Waals surface area (Å²) < 4.78 is 11.1. The molecule has 2 fully saturated rings. The molecule has 3 rings (SSSR count). The van der Waals surface area contributed by atoms with Gasteiger partial charge in [-0.2, -0.15) is 0 Å². The molecule has 2 atom stereocenters. The van der Waals surface area contributed by atoms with E-state index >= 15 is 0 Å². The number of hydrogen-bond donors (Lipinski definition) is 1. The topological polar surface area (TPSA) is 124 Å². The van der Waals surface area contributed by atoms with Crippen LogP contribution in [-0.2, 0) is 9.47 Å². The maximum Gasteiger partial charge on any atom is 0.411 e. The van der Waals surface area contributed by atoms with Gasteiger partial charge in [0, 0.05) is 19.2 Å². The van der Waals surface area contributed by atoms with Crippen LogP contribution < -0.4 is 10.6 Å². The Morgan fingerprint density at radius 2 is 1.96 bits per heavy atom. The molecule has 10 nitrogen and oxygen atoms in total. The number of pyridine rings is 1. The monoisotopic (exact) mass is 365 g/mol. The summed E-state index contributed by atoms with van der Waals surface area (Å²) in [6, 6.07) is 2.56. The third-order valence-corrected chi connectivity index (χ3v) is 4.28. The third kappa shape index (κ3) is 3.64. The Hall–Kier alpha value is -2.62. The van der Waals surface area contributed by atoms with Crippen LogP contribution in [0.5, 0.6) is 0 Å². The molecule has 2 saturated heterocycles. The van der Waals surface area contributed by atoms with Gasteiger partial charge in [0.15, 0.2) is 0 Å². The Morgan fingerprint density at radius 1 is 1.35 bits per heavy atom. The first-order chi connectivity index (χ1) is 12.2. The highest BCUT2D eigenvalue weighted by Gasteiger charge is 2.43. The molecule has 1 aromatic rings. The van der Waals surface area contributed by atoms with Gasteiger partial charge in [-0.1, -0.05) is 0 Å². The number of ether oxygens (including phenoxy) is 2. The van der Waals surface area contributed by atoms with Crippen molar-refractivity contribution in [3.63, 3.8) is 0 Å². The van der Waals surface area contributed by atoms with E-state index in [2.05, 4.69) is 4.98 Å². The Balaban J connectivity index is 1.78. The van der Waals surface area contributed by atoms with Crippen molar-refractivity contribution < 1.29 is 19.2 Å². The number of nitrogen functional groups attached to an aromatic ring is 1. The summed E-state index contributed by atoms with van der Waals surface area (Å²) in [6.07, 6.45) is -0.355. The van der Waals surface area contributed by atoms with Crippen LogP contribution in [0.25, 0.3) is 0 Å². The fourth-order valence-electron chi connectivity index (χ4n) is 3.25. The van der Waals surface area contributed by atoms with Crippen LogP contribution in [0.2, 0.25) is 0 Å². The number of fused-ring (bicyclic) bond motifs is 2. The molecule has 3 heterocycles. The molecule has 0 spiro atoms. The molecule has 1 aromatic heterocycles. The number of morpholine rings is 1. The predicted molar refractivity (Wildman–Crippen MR) is 94.0 cm³/mol. The molecule has 2 aliphatic heterocycles. The second-order valence-corrected chi connectivity index (χ2v) is 7.47. The molecule has 0 aromatic carbocycles. The summed E-state index contributed by atoms with van der Waals surface area (Å²) in [5, 5.41) is 10.9. The van der Waals surface area contributed by atoms with Crippen molar-refractivity contribution in [3.8, 4) is 0 Å². The van der Waals surface area contributed by atoms with E-state index in [0.29, 0.717) is 32.1 Å². The first-order valence-electron chi connectivity index (χ1n) is 8.40. The summed E-state index contributed by atoms with van der Waals surface area (Å²) in [5.74, 6) is 0.428. The summed E-state index contributed by atoms with van der Waals surface area (Å²) >= 11 is 0. The molecular formula is C16H23N5O5. The number of piperazine rings is 1. The number of carbonyl (C=O) groups excluding carboxylic acids is 1. The van der Waals surface area contributed by atoms with E-state index in [0.717, 1.165) is 0 Å². The van der Waals surface area contributed by atoms with Crippen LogP contribution in [0.4, 0.5) is 22.1 Å². The Morgan fingerprint density at radius 3 is 2.46 bits per heavy atom. The SMILES string of the molecule is CC(C)(C)OC(=O)N1C2COCC1CN(c1ccc([N+](=O)[O-])c(N)n1)C2. The molecule has 142 valence electrons. The van der Waals surface area contributed by atoms with E-state index < -0.39 is 10.5 Å². The van der Waals surface area contributed by atoms with E-state index in [1.165, 1.54) is 6.07 Å². The molecule has 2 bridgehead atoms. The van der Waals surface area contributed by atoms with Crippen molar-refractivity contribution >= 4 is 23.4 Å². The van der Waals surface area contributed by atoms with Gasteiger partial charge in [-0.15, -0.1) is 0 Å². The largest absolute Gasteiger partial charge is 0.444 e. The Kier molecular flexibility index (Phi) is 4.61. The summed E-state index contributed by atoms with van der Waals surface area (Å²) in [6.45, 7) is 7.26. The van der Waals surface area contributed by atoms with Gasteiger partial charge in [-0.05, 0) is 26.8 Å². The lowest BCUT2D eigenvalue weighted by molar-refractivity contribution is -0.384. The third-order valence-electron chi connectivity index (χ3n) is 4.28. The zero-order chi connectivity index (χ0) is 19.1. The van der Waals surface area contributed by atoms with Crippen LogP contribution in [-0.4, -0.2) is 64.9 Å². The summed E-state index contributed by atoms with van der Waals surface area (Å²) in [5.41, 5.74) is 4.91. The Labute approximate surface area is 151 Å². The number of nitrogens with two attached hydrogens (primary N) is 1. The number of nitro groups is 1. The second-order valence-electron chi connectivity index (χ2n) is 7.47. The first kappa shape index (κ1) is 18.2. The average molecular weight is 365 g/mol. The van der Waals surface area contributed by atoms with Crippen LogP contribution in [0.3, 0.4) is 0 Å². The highest BCUT2D eigenvalue weighted by molar-refractivity contribution is 5.70. The van der Waals surface area contributed by atoms with Gasteiger partial charge in [0.05, 0.1) is 30.2 Å². The minimum absolute atomic E-state index is 0.122. The maximum absolute atomic E-state index is 12.6. The zero-order valence-corrected chi connectivity index (χ0v) is 15.0. The van der Waals surface area contributed by atoms with E-state index in [1.807, 2.05) is 25.7 Å². The molecule has 0 aliphatic carbocycles. The minimum atomic E-state index is -0.572. The number of anilines is 2. The quantitative estimate of drug-likeness (QED) is 0.616. The summed E-state index contributed by atoms with van der Waals surface area (Å²) in [7, 11) is 0. The lowest BCUT2D eigenvalue weighted by atomic mass is 10.0. The molecule has 26 heavy (non-hydrogen) atoms. The smallest absolute Gasteiger partial charge is 0.411 e. The van der Waals surface area contributed by atoms with Crippen LogP contribution in [0.1, 0.15) is 20.8 Å². The molecule has 2 N–H and O–H groups in total. The van der Waals surface area contributed by atoms with Crippen molar-refractivity contribution in [1.29, 1.82) is 0 Å². The first-order valence-corrected chi connectivity index (χ1v) is 8.40. The fraction of sp³-hybridized carbons (Fsp3) is 0.625. The molecular weight excluding hydrogens is 342 g/mol. The van der Waals surface area contributed by atoms with E-state index in [4.69, 9.17) is 15.2 Å². The number of hydrogen-bond acceptors (Lipinski definition) is 8. The van der Waals surface area contributed by atoms with Gasteiger partial charge >= 0.3 is 11.8 Å². The second kappa shape index (κ2) is 6.60. The van der Waals surface area contributed by atoms with Crippen LogP contribution >= 0.6 is 0 Å². The van der Waals surface area contributed by atoms with Crippen LogP contribution in [0.15, 0.2) is 12.1 Å². The van der Waals surface area contributed by atoms with Gasteiger partial charge in [-0.3, -0.25) is 15.0 Å². The summed E-state index contributed by atoms with van der Waals surface area (Å²) in [4.78, 5) is 30.8. The minimum Gasteiger partial charge on any atom is -0.444 e. The normalized spacial score (nSPS) is 22.9. The molecule has 1 amide bonds. The molecule has 2 aliphatic rings. The maximum atomic E-state index is 12.6. The van der Waals surface area contributed by atoms with Crippen molar-refractivity contribution in [1.82, 2.24) is 9.88 Å². The van der Waals surface area contributed by atoms with Gasteiger partial charge in [0.25, 0.3) is 0 Å². The average Bonchev–Trinajstić information content (AvgIpc) is 2.51. The zero-order valence-electron chi connectivity index (χ0n) is 15.0. The number of nitrogens with zero attached hydrogens (tertiary/aromatic N) is 4. The van der Waals surface area contributed by atoms with Crippen molar-refractivity contribution in [2.75, 3.05) is 36.9 Å². The van der Waals surface area contributed by atoms with Crippen LogP contribution in [0, 0.1) is 10.1 Å². The Bertz CT molecular complexity index is 705. The number of carbonyl (C=O) groups is 1. The van der Waals surface area contributed by atoms with Gasteiger partial charge in [0.1, 0.15) is 11.4 Å². The van der Waals surface area contributed by atoms with Crippen molar-refractivity contribution in [3.05, 3.63) is 22.2 Å². The molecule has 0 radical (unpaired) electrons. The lowest BCUT2D eigenvalue weighted by Gasteiger charge is -2.49. The van der Waals surface area contributed by atoms with Crippen molar-refractivity contribution in [2.45, 2.75) is 38.5 Å². The molecule has 0 saturated carbocycles. The van der Waals surface area contributed by atoms with Gasteiger partial charge in [-0.25, -0.2) is 9.78 Å². The standard InChI is InChI=1S/C16H23N5O5/c1-16(2,3)26-15(22)20-10-6-19(7-11(20)9-25-8-10)13-5-4-12(21(23)24)14(17)18-13/h4-5,10-11H,6-9H2,1-3H3,(H2,17,18). The molecule has 2 unspecified atom stereocenters. The lowest BCUT2D eigenvalue weighted by Crippen LogP contribution is -2.66. The number of amides is 1. The fourth-order valence-corrected chi connectivity index (χ4v) is 3.25. The highest BCUT2D eigenvalue weighted by atomic mass is 16.6. The number of aromatic nitrogens is 1. The predicted octanol–water partition coefficient (Wildman–Crippen LogP) is 1.40. The van der Waals surface area contributed by atoms with Gasteiger partial charge < -0.3 is 20.1 Å². The van der Waals surface area contributed by atoms with E-state index in [-0.39, 0.29) is 29.7 Å². The van der Waals surface area contributed by atoms with Gasteiger partial charge in [0.2, 0.25) is 5.82 Å². The van der Waals surface area contributed by atoms with Crippen molar-refractivity contribution in [2.24, 2.45) is 0 Å². The van der Waals surface area contributed by atoms with E-state index in [9.17, 15) is 14.9 Å².